The molecule has 1 atom stereocenters. The molecule has 0 bridgehead atoms. The van der Waals surface area contributed by atoms with Crippen LogP contribution in [0.1, 0.15) is 43.7 Å². The molecule has 0 saturated carbocycles. The van der Waals surface area contributed by atoms with Gasteiger partial charge in [-0.2, -0.15) is 5.10 Å². The minimum atomic E-state index is -1.24. The van der Waals surface area contributed by atoms with Crippen LogP contribution in [0.2, 0.25) is 0 Å². The number of amides is 2. The topological polar surface area (TPSA) is 118 Å². The van der Waals surface area contributed by atoms with Crippen molar-refractivity contribution in [3.8, 4) is 0 Å². The molecule has 9 heteroatoms. The van der Waals surface area contributed by atoms with Crippen molar-refractivity contribution in [2.24, 2.45) is 0 Å². The molecule has 1 aliphatic heterocycles. The van der Waals surface area contributed by atoms with Crippen LogP contribution >= 0.6 is 0 Å². The monoisotopic (exact) mass is 374 g/mol. The van der Waals surface area contributed by atoms with Crippen molar-refractivity contribution in [3.05, 3.63) is 36.5 Å². The number of furan rings is 1. The first-order valence-electron chi connectivity index (χ1n) is 8.74. The van der Waals surface area contributed by atoms with Crippen LogP contribution in [0.4, 0.5) is 5.69 Å². The predicted molar refractivity (Wildman–Crippen MR) is 95.2 cm³/mol. The Kier molecular flexibility index (Phi) is 5.02. The fourth-order valence-electron chi connectivity index (χ4n) is 3.01. The lowest BCUT2D eigenvalue weighted by Crippen LogP contribution is -2.49. The van der Waals surface area contributed by atoms with E-state index in [0.29, 0.717) is 18.7 Å². The summed E-state index contributed by atoms with van der Waals surface area (Å²) in [5.41, 5.74) is -0.861. The molecule has 2 amide bonds. The molecule has 1 unspecified atom stereocenters. The number of carboxylic acids is 1. The Morgan fingerprint density at radius 2 is 2.11 bits per heavy atom. The van der Waals surface area contributed by atoms with Crippen LogP contribution in [0.15, 0.2) is 35.2 Å². The number of rotatable bonds is 5. The maximum Gasteiger partial charge on any atom is 0.331 e. The molecule has 0 radical (unpaired) electrons. The Bertz CT molecular complexity index is 840. The number of carbonyl (C=O) groups is 3. The van der Waals surface area contributed by atoms with E-state index in [2.05, 4.69) is 10.4 Å². The zero-order chi connectivity index (χ0) is 19.6. The fourth-order valence-corrected chi connectivity index (χ4v) is 3.01. The molecule has 0 spiro atoms. The Balaban J connectivity index is 1.73. The van der Waals surface area contributed by atoms with Crippen molar-refractivity contribution >= 4 is 23.5 Å². The number of carbonyl (C=O) groups excluding carboxylic acids is 2. The summed E-state index contributed by atoms with van der Waals surface area (Å²) in [5, 5.41) is 16.0. The Morgan fingerprint density at radius 3 is 2.78 bits per heavy atom. The molecule has 3 rings (SSSR count). The van der Waals surface area contributed by atoms with Crippen LogP contribution in [0.5, 0.6) is 0 Å². The van der Waals surface area contributed by atoms with Gasteiger partial charge in [0.25, 0.3) is 5.91 Å². The Hall–Kier alpha value is -3.10. The maximum absolute atomic E-state index is 12.8. The normalized spacial score (nSPS) is 17.6. The molecule has 0 aliphatic carbocycles. The highest BCUT2D eigenvalue weighted by Gasteiger charge is 2.34. The lowest BCUT2D eigenvalue weighted by molar-refractivity contribution is -0.146. The quantitative estimate of drug-likeness (QED) is 0.826. The highest BCUT2D eigenvalue weighted by atomic mass is 16.4. The highest BCUT2D eigenvalue weighted by molar-refractivity contribution is 6.00. The first-order chi connectivity index (χ1) is 12.8. The molecule has 2 N–H and O–H groups in total. The summed E-state index contributed by atoms with van der Waals surface area (Å²) >= 11 is 0. The van der Waals surface area contributed by atoms with Gasteiger partial charge in [0.2, 0.25) is 5.91 Å². The number of hydrogen-bond donors (Lipinski definition) is 2. The van der Waals surface area contributed by atoms with Crippen LogP contribution in [-0.4, -0.2) is 50.2 Å². The smallest absolute Gasteiger partial charge is 0.331 e. The summed E-state index contributed by atoms with van der Waals surface area (Å²) in [4.78, 5) is 38.2. The van der Waals surface area contributed by atoms with Gasteiger partial charge >= 0.3 is 5.97 Å². The average Bonchev–Trinajstić information content (AvgIpc) is 3.33. The van der Waals surface area contributed by atoms with Crippen LogP contribution < -0.4 is 5.32 Å². The number of anilines is 1. The van der Waals surface area contributed by atoms with Gasteiger partial charge in [-0.05, 0) is 45.2 Å². The molecule has 3 heterocycles. The van der Waals surface area contributed by atoms with Crippen molar-refractivity contribution < 1.29 is 23.9 Å². The lowest BCUT2D eigenvalue weighted by atomic mass is 10.0. The predicted octanol–water partition coefficient (Wildman–Crippen LogP) is 1.93. The molecule has 2 aromatic rings. The first-order valence-corrected chi connectivity index (χ1v) is 8.74. The van der Waals surface area contributed by atoms with Crippen molar-refractivity contribution in [2.75, 3.05) is 11.9 Å². The minimum absolute atomic E-state index is 0.200. The third-order valence-electron chi connectivity index (χ3n) is 4.74. The first kappa shape index (κ1) is 18.7. The second-order valence-corrected chi connectivity index (χ2v) is 7.01. The van der Waals surface area contributed by atoms with Crippen LogP contribution in [0, 0.1) is 0 Å². The van der Waals surface area contributed by atoms with Gasteiger partial charge in [-0.15, -0.1) is 0 Å². The van der Waals surface area contributed by atoms with Gasteiger partial charge in [0, 0.05) is 12.7 Å². The second kappa shape index (κ2) is 7.26. The van der Waals surface area contributed by atoms with E-state index in [4.69, 9.17) is 4.42 Å². The summed E-state index contributed by atoms with van der Waals surface area (Å²) in [5.74, 6) is -1.48. The lowest BCUT2D eigenvalue weighted by Gasteiger charge is -2.34. The number of likely N-dealkylation sites (tertiary alicyclic amines) is 1. The molecule has 144 valence electrons. The van der Waals surface area contributed by atoms with E-state index in [0.717, 1.165) is 12.8 Å². The van der Waals surface area contributed by atoms with E-state index < -0.39 is 17.6 Å². The summed E-state index contributed by atoms with van der Waals surface area (Å²) < 4.78 is 6.44. The summed E-state index contributed by atoms with van der Waals surface area (Å²) in [6, 6.07) is 2.58. The summed E-state index contributed by atoms with van der Waals surface area (Å²) in [6.45, 7) is 3.50. The van der Waals surface area contributed by atoms with Crippen molar-refractivity contribution in [1.82, 2.24) is 14.7 Å². The van der Waals surface area contributed by atoms with Gasteiger partial charge in [-0.3, -0.25) is 14.3 Å². The molecule has 1 aliphatic rings. The molecule has 1 fully saturated rings. The van der Waals surface area contributed by atoms with E-state index in [-0.39, 0.29) is 17.6 Å². The largest absolute Gasteiger partial charge is 0.479 e. The molecule has 27 heavy (non-hydrogen) atoms. The van der Waals surface area contributed by atoms with Gasteiger partial charge in [0.1, 0.15) is 6.04 Å². The van der Waals surface area contributed by atoms with Crippen LogP contribution in [0.3, 0.4) is 0 Å². The second-order valence-electron chi connectivity index (χ2n) is 7.01. The summed E-state index contributed by atoms with van der Waals surface area (Å²) in [7, 11) is 0. The molecular weight excluding hydrogens is 352 g/mol. The van der Waals surface area contributed by atoms with E-state index in [1.165, 1.54) is 42.1 Å². The standard InChI is InChI=1S/C18H22N4O5/c1-18(2,17(25)26)22-11-12(10-19-22)20-15(23)13-6-3-4-8-21(13)16(24)14-7-5-9-27-14/h5,7,9-11,13H,3-4,6,8H2,1-2H3,(H,20,23)(H,25,26). The van der Waals surface area contributed by atoms with E-state index in [9.17, 15) is 19.5 Å². The molecule has 2 aromatic heterocycles. The van der Waals surface area contributed by atoms with Crippen molar-refractivity contribution in [3.63, 3.8) is 0 Å². The highest BCUT2D eigenvalue weighted by Crippen LogP contribution is 2.22. The number of aliphatic carboxylic acids is 1. The number of piperidine rings is 1. The van der Waals surface area contributed by atoms with Crippen LogP contribution in [0.25, 0.3) is 0 Å². The van der Waals surface area contributed by atoms with E-state index in [1.54, 1.807) is 12.1 Å². The SMILES string of the molecule is CC(C)(C(=O)O)n1cc(NC(=O)C2CCCCN2C(=O)c2ccco2)cn1. The van der Waals surface area contributed by atoms with E-state index in [1.807, 2.05) is 0 Å². The number of nitrogens with zero attached hydrogens (tertiary/aromatic N) is 3. The average molecular weight is 374 g/mol. The van der Waals surface area contributed by atoms with Gasteiger partial charge in [-0.1, -0.05) is 0 Å². The number of hydrogen-bond acceptors (Lipinski definition) is 5. The zero-order valence-corrected chi connectivity index (χ0v) is 15.2. The van der Waals surface area contributed by atoms with E-state index >= 15 is 0 Å². The van der Waals surface area contributed by atoms with Gasteiger partial charge in [-0.25, -0.2) is 4.79 Å². The Labute approximate surface area is 155 Å². The summed E-state index contributed by atoms with van der Waals surface area (Å²) in [6.07, 6.45) is 6.49. The zero-order valence-electron chi connectivity index (χ0n) is 15.2. The number of carboxylic acid groups (broad SMARTS) is 1. The third-order valence-corrected chi connectivity index (χ3v) is 4.74. The number of aromatic nitrogens is 2. The molecule has 1 saturated heterocycles. The molecule has 0 aromatic carbocycles. The minimum Gasteiger partial charge on any atom is -0.479 e. The number of nitrogens with one attached hydrogen (secondary N) is 1. The van der Waals surface area contributed by atoms with Gasteiger partial charge in [0.15, 0.2) is 11.3 Å². The van der Waals surface area contributed by atoms with Crippen molar-refractivity contribution in [2.45, 2.75) is 44.7 Å². The van der Waals surface area contributed by atoms with Crippen LogP contribution in [-0.2, 0) is 15.1 Å². The van der Waals surface area contributed by atoms with Gasteiger partial charge in [0.05, 0.1) is 18.1 Å². The fraction of sp³-hybridized carbons (Fsp3) is 0.444. The third kappa shape index (κ3) is 3.71. The van der Waals surface area contributed by atoms with Gasteiger partial charge < -0.3 is 19.7 Å². The maximum atomic E-state index is 12.8. The van der Waals surface area contributed by atoms with Crippen molar-refractivity contribution in [1.29, 1.82) is 0 Å². The molecular formula is C18H22N4O5. The molecule has 9 nitrogen and oxygen atoms in total. The Morgan fingerprint density at radius 1 is 1.33 bits per heavy atom.